The van der Waals surface area contributed by atoms with Gasteiger partial charge in [-0.15, -0.1) is 0 Å². The summed E-state index contributed by atoms with van der Waals surface area (Å²) >= 11 is 5.88. The first-order valence-corrected chi connectivity index (χ1v) is 6.87. The molecule has 0 saturated heterocycles. The van der Waals surface area contributed by atoms with Crippen LogP contribution < -0.4 is 10.6 Å². The summed E-state index contributed by atoms with van der Waals surface area (Å²) in [4.78, 5) is 20.0. The molecular formula is C14H17ClN4O. The molecule has 0 aliphatic carbocycles. The minimum atomic E-state index is -0.0717. The minimum Gasteiger partial charge on any atom is -0.360 e. The van der Waals surface area contributed by atoms with E-state index in [4.69, 9.17) is 11.6 Å². The van der Waals surface area contributed by atoms with E-state index in [0.717, 1.165) is 10.9 Å². The van der Waals surface area contributed by atoms with Gasteiger partial charge in [-0.3, -0.25) is 4.79 Å². The molecule has 1 amide bonds. The molecular weight excluding hydrogens is 276 g/mol. The number of hydrogen-bond acceptors (Lipinski definition) is 4. The number of carbonyl (C=O) groups is 1. The van der Waals surface area contributed by atoms with Gasteiger partial charge < -0.3 is 10.6 Å². The number of hydrogen-bond donors (Lipinski definition) is 2. The highest BCUT2D eigenvalue weighted by Crippen LogP contribution is 2.21. The fraction of sp³-hybridized carbons (Fsp3) is 0.357. The van der Waals surface area contributed by atoms with Crippen molar-refractivity contribution in [1.82, 2.24) is 15.3 Å². The third-order valence-electron chi connectivity index (χ3n) is 2.70. The predicted octanol–water partition coefficient (Wildman–Crippen LogP) is 2.47. The van der Waals surface area contributed by atoms with E-state index in [2.05, 4.69) is 20.6 Å². The van der Waals surface area contributed by atoms with E-state index in [0.29, 0.717) is 18.3 Å². The first-order valence-electron chi connectivity index (χ1n) is 6.49. The number of carbonyl (C=O) groups excluding carboxylic acids is 1. The summed E-state index contributed by atoms with van der Waals surface area (Å²) in [6.45, 7) is 4.91. The number of fused-ring (bicyclic) bond motifs is 1. The molecule has 0 unspecified atom stereocenters. The van der Waals surface area contributed by atoms with Crippen molar-refractivity contribution >= 4 is 34.2 Å². The molecule has 20 heavy (non-hydrogen) atoms. The van der Waals surface area contributed by atoms with E-state index in [-0.39, 0.29) is 17.7 Å². The molecule has 2 aromatic rings. The van der Waals surface area contributed by atoms with Crippen molar-refractivity contribution in [2.45, 2.75) is 13.8 Å². The fourth-order valence-corrected chi connectivity index (χ4v) is 1.90. The predicted molar refractivity (Wildman–Crippen MR) is 80.9 cm³/mol. The quantitative estimate of drug-likeness (QED) is 0.831. The van der Waals surface area contributed by atoms with Crippen molar-refractivity contribution in [3.63, 3.8) is 0 Å². The molecule has 0 atom stereocenters. The van der Waals surface area contributed by atoms with Crippen LogP contribution in [-0.4, -0.2) is 29.0 Å². The lowest BCUT2D eigenvalue weighted by molar-refractivity contribution is -0.119. The molecule has 106 valence electrons. The Labute approximate surface area is 122 Å². The Kier molecular flexibility index (Phi) is 4.74. The van der Waals surface area contributed by atoms with Crippen molar-refractivity contribution in [3.8, 4) is 0 Å². The summed E-state index contributed by atoms with van der Waals surface area (Å²) in [7, 11) is 0. The molecule has 0 saturated carbocycles. The summed E-state index contributed by atoms with van der Waals surface area (Å²) in [5, 5.41) is 6.84. The van der Waals surface area contributed by atoms with Crippen LogP contribution in [0.2, 0.25) is 5.28 Å². The topological polar surface area (TPSA) is 66.9 Å². The minimum absolute atomic E-state index is 0.0717. The van der Waals surface area contributed by atoms with E-state index in [9.17, 15) is 4.79 Å². The second kappa shape index (κ2) is 6.52. The van der Waals surface area contributed by atoms with Gasteiger partial charge in [-0.1, -0.05) is 26.0 Å². The highest BCUT2D eigenvalue weighted by atomic mass is 35.5. The Morgan fingerprint density at radius 3 is 2.80 bits per heavy atom. The summed E-state index contributed by atoms with van der Waals surface area (Å²) in [6.07, 6.45) is 0. The standard InChI is InChI=1S/C14H17ClN4O/c1-9(2)7-16-12(20)8-17-13-10-5-3-4-6-11(10)18-14(15)19-13/h3-6,9H,7-8H2,1-2H3,(H,16,20)(H,17,18,19). The molecule has 0 spiro atoms. The maximum atomic E-state index is 11.7. The van der Waals surface area contributed by atoms with Crippen LogP contribution in [-0.2, 0) is 4.79 Å². The lowest BCUT2D eigenvalue weighted by Gasteiger charge is -2.10. The van der Waals surface area contributed by atoms with Crippen molar-refractivity contribution < 1.29 is 4.79 Å². The van der Waals surface area contributed by atoms with Crippen LogP contribution in [0.4, 0.5) is 5.82 Å². The Hall–Kier alpha value is -1.88. The van der Waals surface area contributed by atoms with Gasteiger partial charge in [0.05, 0.1) is 12.1 Å². The van der Waals surface area contributed by atoms with E-state index in [1.54, 1.807) is 0 Å². The van der Waals surface area contributed by atoms with Gasteiger partial charge in [-0.2, -0.15) is 0 Å². The maximum absolute atomic E-state index is 11.7. The first kappa shape index (κ1) is 14.5. The van der Waals surface area contributed by atoms with Gasteiger partial charge in [0.2, 0.25) is 11.2 Å². The number of nitrogens with one attached hydrogen (secondary N) is 2. The second-order valence-electron chi connectivity index (χ2n) is 4.91. The molecule has 0 bridgehead atoms. The number of aromatic nitrogens is 2. The molecule has 2 N–H and O–H groups in total. The number of para-hydroxylation sites is 1. The molecule has 0 aliphatic rings. The Balaban J connectivity index is 2.08. The largest absolute Gasteiger partial charge is 0.360 e. The van der Waals surface area contributed by atoms with Gasteiger partial charge >= 0.3 is 0 Å². The SMILES string of the molecule is CC(C)CNC(=O)CNc1nc(Cl)nc2ccccc12. The summed E-state index contributed by atoms with van der Waals surface area (Å²) in [5.74, 6) is 0.922. The number of benzene rings is 1. The van der Waals surface area contributed by atoms with E-state index < -0.39 is 0 Å². The Morgan fingerprint density at radius 1 is 1.30 bits per heavy atom. The summed E-state index contributed by atoms with van der Waals surface area (Å²) in [6, 6.07) is 7.52. The number of halogens is 1. The average molecular weight is 293 g/mol. The second-order valence-corrected chi connectivity index (χ2v) is 5.25. The van der Waals surface area contributed by atoms with Crippen LogP contribution in [0.5, 0.6) is 0 Å². The van der Waals surface area contributed by atoms with Crippen LogP contribution in [0.25, 0.3) is 10.9 Å². The van der Waals surface area contributed by atoms with Crippen molar-refractivity contribution in [2.24, 2.45) is 5.92 Å². The number of nitrogens with zero attached hydrogens (tertiary/aromatic N) is 2. The van der Waals surface area contributed by atoms with Gasteiger partial charge in [-0.05, 0) is 29.7 Å². The third kappa shape index (κ3) is 3.81. The van der Waals surface area contributed by atoms with E-state index in [1.807, 2.05) is 38.1 Å². The normalized spacial score (nSPS) is 10.8. The maximum Gasteiger partial charge on any atom is 0.239 e. The number of anilines is 1. The molecule has 2 rings (SSSR count). The van der Waals surface area contributed by atoms with Crippen molar-refractivity contribution in [1.29, 1.82) is 0 Å². The number of rotatable bonds is 5. The van der Waals surface area contributed by atoms with E-state index >= 15 is 0 Å². The van der Waals surface area contributed by atoms with Crippen molar-refractivity contribution in [3.05, 3.63) is 29.5 Å². The molecule has 1 aromatic heterocycles. The van der Waals surface area contributed by atoms with Crippen LogP contribution in [0.1, 0.15) is 13.8 Å². The van der Waals surface area contributed by atoms with Gasteiger partial charge in [0.25, 0.3) is 0 Å². The van der Waals surface area contributed by atoms with Crippen LogP contribution in [0.15, 0.2) is 24.3 Å². The molecule has 6 heteroatoms. The van der Waals surface area contributed by atoms with Gasteiger partial charge in [0, 0.05) is 11.9 Å². The fourth-order valence-electron chi connectivity index (χ4n) is 1.73. The summed E-state index contributed by atoms with van der Waals surface area (Å²) < 4.78 is 0. The van der Waals surface area contributed by atoms with Crippen LogP contribution in [0, 0.1) is 5.92 Å². The molecule has 1 aromatic carbocycles. The number of amides is 1. The smallest absolute Gasteiger partial charge is 0.239 e. The highest BCUT2D eigenvalue weighted by molar-refractivity contribution is 6.28. The monoisotopic (exact) mass is 292 g/mol. The molecule has 0 aliphatic heterocycles. The first-order chi connectivity index (χ1) is 9.56. The zero-order valence-electron chi connectivity index (χ0n) is 11.5. The lowest BCUT2D eigenvalue weighted by atomic mass is 10.2. The van der Waals surface area contributed by atoms with E-state index in [1.165, 1.54) is 0 Å². The third-order valence-corrected chi connectivity index (χ3v) is 2.87. The zero-order valence-corrected chi connectivity index (χ0v) is 12.2. The Bertz CT molecular complexity index is 615. The summed E-state index contributed by atoms with van der Waals surface area (Å²) in [5.41, 5.74) is 0.748. The van der Waals surface area contributed by atoms with Gasteiger partial charge in [-0.25, -0.2) is 9.97 Å². The highest BCUT2D eigenvalue weighted by Gasteiger charge is 2.08. The zero-order chi connectivity index (χ0) is 14.5. The average Bonchev–Trinajstić information content (AvgIpc) is 2.42. The van der Waals surface area contributed by atoms with Gasteiger partial charge in [0.1, 0.15) is 5.82 Å². The van der Waals surface area contributed by atoms with Crippen molar-refractivity contribution in [2.75, 3.05) is 18.4 Å². The van der Waals surface area contributed by atoms with Gasteiger partial charge in [0.15, 0.2) is 0 Å². The van der Waals surface area contributed by atoms with Crippen LogP contribution in [0.3, 0.4) is 0 Å². The molecule has 5 nitrogen and oxygen atoms in total. The molecule has 0 radical (unpaired) electrons. The lowest BCUT2D eigenvalue weighted by Crippen LogP contribution is -2.32. The molecule has 0 fully saturated rings. The van der Waals surface area contributed by atoms with Crippen LogP contribution >= 0.6 is 11.6 Å². The molecule has 1 heterocycles. The Morgan fingerprint density at radius 2 is 2.05 bits per heavy atom.